The van der Waals surface area contributed by atoms with E-state index in [1.54, 1.807) is 18.2 Å². The molecule has 2 aromatic rings. The van der Waals surface area contributed by atoms with Gasteiger partial charge in [-0.3, -0.25) is 0 Å². The van der Waals surface area contributed by atoms with Gasteiger partial charge in [0, 0.05) is 6.08 Å². The van der Waals surface area contributed by atoms with Crippen LogP contribution >= 0.6 is 11.6 Å². The van der Waals surface area contributed by atoms with Crippen molar-refractivity contribution in [2.24, 2.45) is 0 Å². The zero-order chi connectivity index (χ0) is 12.1. The van der Waals surface area contributed by atoms with Crippen LogP contribution in [0, 0.1) is 0 Å². The van der Waals surface area contributed by atoms with Gasteiger partial charge in [-0.1, -0.05) is 24.3 Å². The monoisotopic (exact) mass is 251 g/mol. The Morgan fingerprint density at radius 2 is 2.00 bits per heavy atom. The molecular weight excluding hydrogens is 241 g/mol. The number of aromatic nitrogens is 1. The fourth-order valence-corrected chi connectivity index (χ4v) is 1.47. The molecule has 0 saturated heterocycles. The second-order valence-electron chi connectivity index (χ2n) is 3.52. The molecule has 0 bridgehead atoms. The normalized spacial score (nSPS) is 11.2. The predicted molar refractivity (Wildman–Crippen MR) is 66.2 cm³/mol. The summed E-state index contributed by atoms with van der Waals surface area (Å²) < 4.78 is 17.5. The number of halogens is 2. The number of hydrogen-bond donors (Lipinski definition) is 0. The Morgan fingerprint density at radius 1 is 1.24 bits per heavy atom. The molecule has 0 atom stereocenters. The van der Waals surface area contributed by atoms with E-state index in [9.17, 15) is 4.39 Å². The first-order valence-corrected chi connectivity index (χ1v) is 5.68. The Labute approximate surface area is 104 Å². The number of rotatable bonds is 4. The Bertz CT molecular complexity index is 504. The number of nitrogens with zero attached hydrogens (tertiary/aromatic N) is 1. The summed E-state index contributed by atoms with van der Waals surface area (Å²) in [5, 5.41) is 0. The molecule has 88 valence electrons. The van der Waals surface area contributed by atoms with Gasteiger partial charge in [0.25, 0.3) is 0 Å². The molecule has 1 heterocycles. The Morgan fingerprint density at radius 3 is 2.59 bits per heavy atom. The highest BCUT2D eigenvalue weighted by Gasteiger charge is 1.98. The van der Waals surface area contributed by atoms with E-state index in [0.717, 1.165) is 5.56 Å². The molecule has 0 aliphatic heterocycles. The molecule has 2 nitrogen and oxygen atoms in total. The van der Waals surface area contributed by atoms with Crippen molar-refractivity contribution in [3.8, 4) is 0 Å². The standard InChI is InChI=1S/C13H11ClFNO/c14-7-12-9-17-13(16-12)6-5-10-1-3-11(8-15)4-2-10/h1-6,9H,7-8H2/b6-5+. The molecule has 0 fully saturated rings. The van der Waals surface area contributed by atoms with E-state index in [0.29, 0.717) is 23.0 Å². The molecule has 1 aromatic heterocycles. The molecule has 0 N–H and O–H groups in total. The van der Waals surface area contributed by atoms with Crippen molar-refractivity contribution < 1.29 is 8.81 Å². The lowest BCUT2D eigenvalue weighted by atomic mass is 10.1. The first-order chi connectivity index (χ1) is 8.31. The van der Waals surface area contributed by atoms with Crippen LogP contribution in [0.5, 0.6) is 0 Å². The molecule has 0 amide bonds. The fraction of sp³-hybridized carbons (Fsp3) is 0.154. The first kappa shape index (κ1) is 11.9. The van der Waals surface area contributed by atoms with Crippen LogP contribution in [0.2, 0.25) is 0 Å². The van der Waals surface area contributed by atoms with Crippen LogP contribution in [-0.2, 0) is 12.6 Å². The van der Waals surface area contributed by atoms with Crippen molar-refractivity contribution in [3.63, 3.8) is 0 Å². The van der Waals surface area contributed by atoms with Crippen molar-refractivity contribution in [2.45, 2.75) is 12.6 Å². The highest BCUT2D eigenvalue weighted by atomic mass is 35.5. The van der Waals surface area contributed by atoms with Gasteiger partial charge >= 0.3 is 0 Å². The molecule has 0 spiro atoms. The predicted octanol–water partition coefficient (Wildman–Crippen LogP) is 4.05. The third kappa shape index (κ3) is 3.17. The van der Waals surface area contributed by atoms with Gasteiger partial charge in [-0.05, 0) is 17.2 Å². The molecule has 0 radical (unpaired) electrons. The maximum absolute atomic E-state index is 12.3. The first-order valence-electron chi connectivity index (χ1n) is 5.15. The lowest BCUT2D eigenvalue weighted by Gasteiger charge is -1.95. The zero-order valence-corrected chi connectivity index (χ0v) is 9.82. The van der Waals surface area contributed by atoms with Crippen molar-refractivity contribution in [1.82, 2.24) is 4.98 Å². The minimum atomic E-state index is -0.442. The van der Waals surface area contributed by atoms with E-state index in [-0.39, 0.29) is 0 Å². The second kappa shape index (κ2) is 5.64. The van der Waals surface area contributed by atoms with Gasteiger partial charge in [0.05, 0.1) is 11.6 Å². The minimum absolute atomic E-state index is 0.336. The van der Waals surface area contributed by atoms with Crippen LogP contribution in [0.15, 0.2) is 34.9 Å². The Balaban J connectivity index is 2.08. The fourth-order valence-electron chi connectivity index (χ4n) is 1.35. The zero-order valence-electron chi connectivity index (χ0n) is 9.07. The van der Waals surface area contributed by atoms with Gasteiger partial charge in [0.2, 0.25) is 5.89 Å². The van der Waals surface area contributed by atoms with Gasteiger partial charge < -0.3 is 4.42 Å². The Kier molecular flexibility index (Phi) is 3.94. The topological polar surface area (TPSA) is 26.0 Å². The largest absolute Gasteiger partial charge is 0.445 e. The lowest BCUT2D eigenvalue weighted by molar-refractivity contribution is 0.485. The number of hydrogen-bond acceptors (Lipinski definition) is 2. The quantitative estimate of drug-likeness (QED) is 0.766. The van der Waals surface area contributed by atoms with Gasteiger partial charge in [0.1, 0.15) is 12.9 Å². The highest BCUT2D eigenvalue weighted by Crippen LogP contribution is 2.11. The summed E-state index contributed by atoms with van der Waals surface area (Å²) in [6.45, 7) is -0.442. The smallest absolute Gasteiger partial charge is 0.218 e. The van der Waals surface area contributed by atoms with Crippen LogP contribution in [0.25, 0.3) is 12.2 Å². The van der Waals surface area contributed by atoms with E-state index in [1.807, 2.05) is 18.2 Å². The molecule has 17 heavy (non-hydrogen) atoms. The number of oxazole rings is 1. The number of benzene rings is 1. The molecule has 0 unspecified atom stereocenters. The third-order valence-electron chi connectivity index (χ3n) is 2.26. The molecule has 1 aromatic carbocycles. The van der Waals surface area contributed by atoms with Crippen molar-refractivity contribution >= 4 is 23.8 Å². The van der Waals surface area contributed by atoms with Crippen molar-refractivity contribution in [3.05, 3.63) is 53.2 Å². The summed E-state index contributed by atoms with van der Waals surface area (Å²) >= 11 is 5.61. The van der Waals surface area contributed by atoms with Crippen molar-refractivity contribution in [1.29, 1.82) is 0 Å². The molecule has 0 aliphatic carbocycles. The summed E-state index contributed by atoms with van der Waals surface area (Å²) in [7, 11) is 0. The third-order valence-corrected chi connectivity index (χ3v) is 2.53. The summed E-state index contributed by atoms with van der Waals surface area (Å²) in [6.07, 6.45) is 5.13. The molecule has 2 rings (SSSR count). The Hall–Kier alpha value is -1.61. The highest BCUT2D eigenvalue weighted by molar-refractivity contribution is 6.16. The van der Waals surface area contributed by atoms with E-state index < -0.39 is 6.67 Å². The molecule has 0 aliphatic rings. The molecular formula is C13H11ClFNO. The summed E-state index contributed by atoms with van der Waals surface area (Å²) in [4.78, 5) is 4.13. The minimum Gasteiger partial charge on any atom is -0.445 e. The van der Waals surface area contributed by atoms with Crippen molar-refractivity contribution in [2.75, 3.05) is 0 Å². The maximum atomic E-state index is 12.3. The van der Waals surface area contributed by atoms with E-state index >= 15 is 0 Å². The van der Waals surface area contributed by atoms with Crippen LogP contribution in [0.1, 0.15) is 22.7 Å². The SMILES string of the molecule is FCc1ccc(/C=C/c2nc(CCl)co2)cc1. The summed E-state index contributed by atoms with van der Waals surface area (Å²) in [5.74, 6) is 0.845. The van der Waals surface area contributed by atoms with E-state index in [1.165, 1.54) is 6.26 Å². The van der Waals surface area contributed by atoms with Crippen LogP contribution in [-0.4, -0.2) is 4.98 Å². The van der Waals surface area contributed by atoms with Gasteiger partial charge in [-0.25, -0.2) is 9.37 Å². The molecule has 4 heteroatoms. The lowest BCUT2D eigenvalue weighted by Crippen LogP contribution is -1.79. The summed E-state index contributed by atoms with van der Waals surface area (Å²) in [6, 6.07) is 7.19. The molecule has 0 saturated carbocycles. The van der Waals surface area contributed by atoms with E-state index in [2.05, 4.69) is 4.98 Å². The average molecular weight is 252 g/mol. The summed E-state index contributed by atoms with van der Waals surface area (Å²) in [5.41, 5.74) is 2.34. The number of alkyl halides is 2. The van der Waals surface area contributed by atoms with Crippen LogP contribution < -0.4 is 0 Å². The second-order valence-corrected chi connectivity index (χ2v) is 3.79. The van der Waals surface area contributed by atoms with E-state index in [4.69, 9.17) is 16.0 Å². The van der Waals surface area contributed by atoms with Gasteiger partial charge in [-0.2, -0.15) is 0 Å². The average Bonchev–Trinajstić information content (AvgIpc) is 2.85. The van der Waals surface area contributed by atoms with Crippen LogP contribution in [0.3, 0.4) is 0 Å². The van der Waals surface area contributed by atoms with Gasteiger partial charge in [-0.15, -0.1) is 11.6 Å². The maximum Gasteiger partial charge on any atom is 0.218 e. The van der Waals surface area contributed by atoms with Crippen LogP contribution in [0.4, 0.5) is 4.39 Å². The van der Waals surface area contributed by atoms with Gasteiger partial charge in [0.15, 0.2) is 0 Å².